The molecule has 168 valence electrons. The normalized spacial score (nSPS) is 28.1. The summed E-state index contributed by atoms with van der Waals surface area (Å²) in [6.45, 7) is 2.55. The van der Waals surface area contributed by atoms with E-state index in [1.807, 2.05) is 0 Å². The van der Waals surface area contributed by atoms with Crippen LogP contribution < -0.4 is 20.9 Å². The lowest BCUT2D eigenvalue weighted by molar-refractivity contribution is -0.148. The molecule has 0 radical (unpaired) electrons. The first-order valence-electron chi connectivity index (χ1n) is 11.6. The molecule has 0 spiro atoms. The van der Waals surface area contributed by atoms with Crippen molar-refractivity contribution in [2.24, 2.45) is 23.2 Å². The van der Waals surface area contributed by atoms with Crippen molar-refractivity contribution in [3.05, 3.63) is 29.8 Å². The summed E-state index contributed by atoms with van der Waals surface area (Å²) in [7, 11) is 0. The lowest BCUT2D eigenvalue weighted by Gasteiger charge is -2.55. The highest BCUT2D eigenvalue weighted by molar-refractivity contribution is 5.96. The van der Waals surface area contributed by atoms with E-state index in [9.17, 15) is 14.4 Å². The molecule has 1 aromatic rings. The second kappa shape index (κ2) is 9.28. The van der Waals surface area contributed by atoms with Gasteiger partial charge in [-0.05, 0) is 87.0 Å². The first-order chi connectivity index (χ1) is 15.0. The molecule has 0 saturated heterocycles. The molecule has 4 fully saturated rings. The van der Waals surface area contributed by atoms with Crippen LogP contribution >= 0.6 is 0 Å². The molecule has 3 N–H and O–H groups in total. The van der Waals surface area contributed by atoms with Crippen molar-refractivity contribution >= 4 is 17.7 Å². The summed E-state index contributed by atoms with van der Waals surface area (Å²) in [6, 6.07) is 6.83. The summed E-state index contributed by atoms with van der Waals surface area (Å²) in [5, 5.41) is 2.59. The molecule has 4 aliphatic rings. The van der Waals surface area contributed by atoms with Crippen LogP contribution in [0.3, 0.4) is 0 Å². The van der Waals surface area contributed by atoms with Gasteiger partial charge in [-0.15, -0.1) is 0 Å². The number of ether oxygens (including phenoxy) is 1. The summed E-state index contributed by atoms with van der Waals surface area (Å²) in [5.41, 5.74) is 5.25. The number of unbranched alkanes of at least 4 members (excludes halogenated alkanes) is 1. The van der Waals surface area contributed by atoms with E-state index in [-0.39, 0.29) is 23.8 Å². The summed E-state index contributed by atoms with van der Waals surface area (Å²) in [6.07, 6.45) is 8.65. The van der Waals surface area contributed by atoms with Gasteiger partial charge >= 0.3 is 0 Å². The predicted molar refractivity (Wildman–Crippen MR) is 116 cm³/mol. The zero-order chi connectivity index (χ0) is 21.8. The fourth-order valence-corrected chi connectivity index (χ4v) is 5.99. The average Bonchev–Trinajstić information content (AvgIpc) is 2.75. The van der Waals surface area contributed by atoms with Gasteiger partial charge < -0.3 is 10.1 Å². The molecule has 0 aliphatic heterocycles. The van der Waals surface area contributed by atoms with Crippen LogP contribution in [-0.4, -0.2) is 30.9 Å². The van der Waals surface area contributed by atoms with E-state index >= 15 is 0 Å². The molecule has 3 amide bonds. The Labute approximate surface area is 183 Å². The molecule has 0 unspecified atom stereocenters. The number of amides is 3. The van der Waals surface area contributed by atoms with Crippen LogP contribution in [0.2, 0.25) is 0 Å². The van der Waals surface area contributed by atoms with E-state index in [2.05, 4.69) is 23.1 Å². The van der Waals surface area contributed by atoms with E-state index in [4.69, 9.17) is 4.74 Å². The monoisotopic (exact) mass is 427 g/mol. The maximum absolute atomic E-state index is 12.9. The van der Waals surface area contributed by atoms with E-state index in [1.54, 1.807) is 24.3 Å². The van der Waals surface area contributed by atoms with Gasteiger partial charge in [-0.1, -0.05) is 13.3 Å². The molecule has 31 heavy (non-hydrogen) atoms. The van der Waals surface area contributed by atoms with Gasteiger partial charge in [-0.25, -0.2) is 0 Å². The van der Waals surface area contributed by atoms with Gasteiger partial charge in [0.05, 0.1) is 18.6 Å². The molecule has 5 rings (SSSR count). The third-order valence-corrected chi connectivity index (χ3v) is 7.13. The Kier molecular flexibility index (Phi) is 6.49. The summed E-state index contributed by atoms with van der Waals surface area (Å²) in [5.74, 6) is 1.86. The molecular formula is C24H33N3O4. The van der Waals surface area contributed by atoms with Gasteiger partial charge in [-0.2, -0.15) is 0 Å². The minimum Gasteiger partial charge on any atom is -0.494 e. The van der Waals surface area contributed by atoms with Crippen molar-refractivity contribution < 1.29 is 19.1 Å². The number of hydrogen-bond donors (Lipinski definition) is 3. The number of hydrogen-bond acceptors (Lipinski definition) is 4. The second-order valence-corrected chi connectivity index (χ2v) is 9.61. The Balaban J connectivity index is 1.20. The molecular weight excluding hydrogens is 394 g/mol. The number of benzene rings is 1. The number of carbonyl (C=O) groups is 3. The number of rotatable bonds is 8. The highest BCUT2D eigenvalue weighted by Gasteiger charge is 2.54. The fourth-order valence-electron chi connectivity index (χ4n) is 5.99. The lowest BCUT2D eigenvalue weighted by atomic mass is 9.49. The number of hydrazine groups is 1. The van der Waals surface area contributed by atoms with Crippen molar-refractivity contribution in [3.8, 4) is 5.75 Å². The SMILES string of the molecule is CCCCOc1ccc(C(=O)NCC(=O)NNC(=O)C23CC4CC(CC(C4)C2)C3)cc1. The van der Waals surface area contributed by atoms with Crippen LogP contribution in [0.1, 0.15) is 68.6 Å². The van der Waals surface area contributed by atoms with E-state index in [1.165, 1.54) is 19.3 Å². The molecule has 4 bridgehead atoms. The largest absolute Gasteiger partial charge is 0.494 e. The minimum atomic E-state index is -0.439. The van der Waals surface area contributed by atoms with Crippen molar-refractivity contribution in [3.63, 3.8) is 0 Å². The fraction of sp³-hybridized carbons (Fsp3) is 0.625. The standard InChI is InChI=1S/C24H33N3O4/c1-2-3-8-31-20-6-4-19(5-7-20)22(29)25-15-21(28)26-27-23(30)24-12-16-9-17(13-24)11-18(10-16)14-24/h4-7,16-18H,2-3,8-15H2,1H3,(H,25,29)(H,26,28)(H,27,30). The maximum Gasteiger partial charge on any atom is 0.257 e. The molecule has 0 heterocycles. The van der Waals surface area contributed by atoms with E-state index in [0.717, 1.165) is 37.9 Å². The van der Waals surface area contributed by atoms with Crippen LogP contribution in [0.25, 0.3) is 0 Å². The van der Waals surface area contributed by atoms with Crippen molar-refractivity contribution in [2.45, 2.75) is 58.3 Å². The minimum absolute atomic E-state index is 0.0649. The molecule has 4 saturated carbocycles. The van der Waals surface area contributed by atoms with E-state index in [0.29, 0.717) is 29.9 Å². The van der Waals surface area contributed by atoms with Crippen LogP contribution in [0.4, 0.5) is 0 Å². The van der Waals surface area contributed by atoms with Gasteiger partial charge in [0.25, 0.3) is 11.8 Å². The molecule has 7 nitrogen and oxygen atoms in total. The Bertz CT molecular complexity index is 785. The average molecular weight is 428 g/mol. The van der Waals surface area contributed by atoms with Crippen molar-refractivity contribution in [1.82, 2.24) is 16.2 Å². The quantitative estimate of drug-likeness (QED) is 0.439. The Hall–Kier alpha value is -2.57. The number of carbonyl (C=O) groups excluding carboxylic acids is 3. The molecule has 4 aliphatic carbocycles. The highest BCUT2D eigenvalue weighted by Crippen LogP contribution is 2.60. The number of nitrogens with one attached hydrogen (secondary N) is 3. The second-order valence-electron chi connectivity index (χ2n) is 9.61. The van der Waals surface area contributed by atoms with Crippen LogP contribution in [0.15, 0.2) is 24.3 Å². The van der Waals surface area contributed by atoms with E-state index < -0.39 is 5.91 Å². The van der Waals surface area contributed by atoms with Gasteiger partial charge in [0.1, 0.15) is 5.75 Å². The third kappa shape index (κ3) is 5.02. The molecule has 1 aromatic carbocycles. The van der Waals surface area contributed by atoms with Gasteiger partial charge in [0.15, 0.2) is 0 Å². The first kappa shape index (κ1) is 21.7. The zero-order valence-electron chi connectivity index (χ0n) is 18.2. The predicted octanol–water partition coefficient (Wildman–Crippen LogP) is 2.96. The first-order valence-corrected chi connectivity index (χ1v) is 11.6. The molecule has 0 aromatic heterocycles. The smallest absolute Gasteiger partial charge is 0.257 e. The van der Waals surface area contributed by atoms with Crippen LogP contribution in [0.5, 0.6) is 5.75 Å². The summed E-state index contributed by atoms with van der Waals surface area (Å²) < 4.78 is 5.59. The third-order valence-electron chi connectivity index (χ3n) is 7.13. The van der Waals surface area contributed by atoms with Crippen LogP contribution in [0, 0.1) is 23.2 Å². The maximum atomic E-state index is 12.9. The zero-order valence-corrected chi connectivity index (χ0v) is 18.2. The Morgan fingerprint density at radius 3 is 2.16 bits per heavy atom. The Morgan fingerprint density at radius 2 is 1.58 bits per heavy atom. The van der Waals surface area contributed by atoms with Crippen LogP contribution in [-0.2, 0) is 9.59 Å². The van der Waals surface area contributed by atoms with Crippen molar-refractivity contribution in [1.29, 1.82) is 0 Å². The highest BCUT2D eigenvalue weighted by atomic mass is 16.5. The van der Waals surface area contributed by atoms with Gasteiger partial charge in [0, 0.05) is 5.56 Å². The molecule has 0 atom stereocenters. The summed E-state index contributed by atoms with van der Waals surface area (Å²) >= 11 is 0. The van der Waals surface area contributed by atoms with Gasteiger partial charge in [0.2, 0.25) is 5.91 Å². The lowest BCUT2D eigenvalue weighted by Crippen LogP contribution is -2.57. The topological polar surface area (TPSA) is 96.5 Å². The van der Waals surface area contributed by atoms with Gasteiger partial charge in [-0.3, -0.25) is 25.2 Å². The molecule has 7 heteroatoms. The summed E-state index contributed by atoms with van der Waals surface area (Å²) in [4.78, 5) is 37.3. The van der Waals surface area contributed by atoms with Crippen molar-refractivity contribution in [2.75, 3.05) is 13.2 Å². The Morgan fingerprint density at radius 1 is 0.968 bits per heavy atom.